The van der Waals surface area contributed by atoms with Crippen LogP contribution in [0.4, 0.5) is 5.95 Å². The molecule has 0 fully saturated rings. The normalized spacial score (nSPS) is 10.8. The van der Waals surface area contributed by atoms with Crippen LogP contribution in [0.1, 0.15) is 13.3 Å². The molecular formula is C14H14N4OS. The summed E-state index contributed by atoms with van der Waals surface area (Å²) < 4.78 is 5.66. The molecule has 5 nitrogen and oxygen atoms in total. The fraction of sp³-hybridized carbons (Fsp3) is 0.214. The van der Waals surface area contributed by atoms with Gasteiger partial charge in [0.15, 0.2) is 5.58 Å². The molecule has 3 aromatic rings. The van der Waals surface area contributed by atoms with Crippen LogP contribution in [0.25, 0.3) is 11.1 Å². The highest BCUT2D eigenvalue weighted by Crippen LogP contribution is 2.28. The minimum absolute atomic E-state index is 0.589. The molecule has 0 bridgehead atoms. The van der Waals surface area contributed by atoms with Gasteiger partial charge < -0.3 is 9.73 Å². The monoisotopic (exact) mass is 286 g/mol. The summed E-state index contributed by atoms with van der Waals surface area (Å²) in [4.78, 5) is 13.0. The summed E-state index contributed by atoms with van der Waals surface area (Å²) in [5, 5.41) is 4.56. The number of anilines is 1. The molecule has 20 heavy (non-hydrogen) atoms. The van der Waals surface area contributed by atoms with E-state index in [-0.39, 0.29) is 0 Å². The number of oxazole rings is 1. The second kappa shape index (κ2) is 5.92. The average Bonchev–Trinajstić information content (AvgIpc) is 2.87. The summed E-state index contributed by atoms with van der Waals surface area (Å²) in [5.74, 6) is 0.632. The van der Waals surface area contributed by atoms with Gasteiger partial charge in [0.2, 0.25) is 5.95 Å². The van der Waals surface area contributed by atoms with E-state index < -0.39 is 0 Å². The van der Waals surface area contributed by atoms with E-state index in [1.165, 1.54) is 11.8 Å². The summed E-state index contributed by atoms with van der Waals surface area (Å²) in [5.41, 5.74) is 1.64. The van der Waals surface area contributed by atoms with Crippen LogP contribution in [0.15, 0.2) is 51.2 Å². The standard InChI is InChI=1S/C14H14N4OS/c1-2-8-15-13-16-9-7-12(18-13)20-14-17-10-5-3-4-6-11(10)19-14/h3-7,9H,2,8H2,1H3,(H,15,16,18). The third kappa shape index (κ3) is 2.91. The Morgan fingerprint density at radius 2 is 2.10 bits per heavy atom. The highest BCUT2D eigenvalue weighted by molar-refractivity contribution is 7.99. The first-order valence-corrected chi connectivity index (χ1v) is 7.27. The lowest BCUT2D eigenvalue weighted by atomic mass is 10.3. The van der Waals surface area contributed by atoms with Crippen LogP contribution in [0.3, 0.4) is 0 Å². The first-order valence-electron chi connectivity index (χ1n) is 6.45. The van der Waals surface area contributed by atoms with E-state index in [1.54, 1.807) is 6.20 Å². The van der Waals surface area contributed by atoms with Crippen molar-refractivity contribution < 1.29 is 4.42 Å². The molecule has 1 aromatic carbocycles. The van der Waals surface area contributed by atoms with Gasteiger partial charge in [-0.2, -0.15) is 0 Å². The van der Waals surface area contributed by atoms with Crippen molar-refractivity contribution >= 4 is 28.8 Å². The Kier molecular flexibility index (Phi) is 3.83. The van der Waals surface area contributed by atoms with Crippen LogP contribution in [0, 0.1) is 0 Å². The molecule has 0 amide bonds. The van der Waals surface area contributed by atoms with Crippen molar-refractivity contribution in [3.05, 3.63) is 36.5 Å². The van der Waals surface area contributed by atoms with E-state index in [2.05, 4.69) is 27.2 Å². The van der Waals surface area contributed by atoms with Crippen LogP contribution in [0.2, 0.25) is 0 Å². The van der Waals surface area contributed by atoms with Gasteiger partial charge in [0.05, 0.1) is 0 Å². The van der Waals surface area contributed by atoms with E-state index in [9.17, 15) is 0 Å². The molecule has 0 aliphatic rings. The van der Waals surface area contributed by atoms with Gasteiger partial charge in [-0.05, 0) is 36.4 Å². The molecule has 2 aromatic heterocycles. The average molecular weight is 286 g/mol. The van der Waals surface area contributed by atoms with Gasteiger partial charge in [-0.25, -0.2) is 15.0 Å². The van der Waals surface area contributed by atoms with Gasteiger partial charge in [-0.3, -0.25) is 0 Å². The second-order valence-electron chi connectivity index (χ2n) is 4.19. The molecule has 0 saturated heterocycles. The smallest absolute Gasteiger partial charge is 0.263 e. The van der Waals surface area contributed by atoms with Crippen LogP contribution in [0.5, 0.6) is 0 Å². The second-order valence-corrected chi connectivity index (χ2v) is 5.17. The Hall–Kier alpha value is -2.08. The molecule has 6 heteroatoms. The lowest BCUT2D eigenvalue weighted by Gasteiger charge is -2.03. The minimum Gasteiger partial charge on any atom is -0.431 e. The van der Waals surface area contributed by atoms with E-state index >= 15 is 0 Å². The van der Waals surface area contributed by atoms with Crippen molar-refractivity contribution in [2.24, 2.45) is 0 Å². The lowest BCUT2D eigenvalue weighted by molar-refractivity contribution is 0.489. The minimum atomic E-state index is 0.589. The zero-order chi connectivity index (χ0) is 13.8. The molecule has 0 unspecified atom stereocenters. The molecule has 2 heterocycles. The highest BCUT2D eigenvalue weighted by atomic mass is 32.2. The number of hydrogen-bond acceptors (Lipinski definition) is 6. The molecule has 0 atom stereocenters. The fourth-order valence-corrected chi connectivity index (χ4v) is 2.42. The Morgan fingerprint density at radius 1 is 1.20 bits per heavy atom. The van der Waals surface area contributed by atoms with E-state index in [1.807, 2.05) is 30.3 Å². The lowest BCUT2D eigenvalue weighted by Crippen LogP contribution is -2.04. The van der Waals surface area contributed by atoms with Crippen molar-refractivity contribution in [1.29, 1.82) is 0 Å². The van der Waals surface area contributed by atoms with Gasteiger partial charge in [0, 0.05) is 12.7 Å². The summed E-state index contributed by atoms with van der Waals surface area (Å²) in [6.45, 7) is 2.96. The maximum absolute atomic E-state index is 5.66. The van der Waals surface area contributed by atoms with E-state index in [0.29, 0.717) is 11.2 Å². The molecule has 102 valence electrons. The number of hydrogen-bond donors (Lipinski definition) is 1. The highest BCUT2D eigenvalue weighted by Gasteiger charge is 2.08. The largest absolute Gasteiger partial charge is 0.431 e. The number of fused-ring (bicyclic) bond motifs is 1. The Balaban J connectivity index is 1.79. The molecule has 0 saturated carbocycles. The third-order valence-electron chi connectivity index (χ3n) is 2.63. The van der Waals surface area contributed by atoms with Crippen LogP contribution in [-0.2, 0) is 0 Å². The van der Waals surface area contributed by atoms with Crippen LogP contribution >= 0.6 is 11.8 Å². The number of nitrogens with one attached hydrogen (secondary N) is 1. The van der Waals surface area contributed by atoms with Crippen molar-refractivity contribution in [1.82, 2.24) is 15.0 Å². The van der Waals surface area contributed by atoms with Crippen LogP contribution < -0.4 is 5.32 Å². The number of benzene rings is 1. The number of rotatable bonds is 5. The summed E-state index contributed by atoms with van der Waals surface area (Å²) >= 11 is 1.39. The van der Waals surface area contributed by atoms with Gasteiger partial charge in [-0.1, -0.05) is 19.1 Å². The Morgan fingerprint density at radius 3 is 2.95 bits per heavy atom. The van der Waals surface area contributed by atoms with Crippen LogP contribution in [-0.4, -0.2) is 21.5 Å². The number of para-hydroxylation sites is 2. The molecule has 1 N–H and O–H groups in total. The quantitative estimate of drug-likeness (QED) is 0.723. The van der Waals surface area contributed by atoms with Crippen molar-refractivity contribution in [3.8, 4) is 0 Å². The number of aromatic nitrogens is 3. The van der Waals surface area contributed by atoms with E-state index in [0.717, 1.165) is 29.1 Å². The third-order valence-corrected chi connectivity index (χ3v) is 3.42. The molecule has 0 aliphatic carbocycles. The van der Waals surface area contributed by atoms with Crippen molar-refractivity contribution in [2.75, 3.05) is 11.9 Å². The van der Waals surface area contributed by atoms with Gasteiger partial charge in [0.1, 0.15) is 10.5 Å². The van der Waals surface area contributed by atoms with Gasteiger partial charge >= 0.3 is 0 Å². The fourth-order valence-electron chi connectivity index (χ4n) is 1.71. The Labute approximate surface area is 120 Å². The maximum Gasteiger partial charge on any atom is 0.263 e. The van der Waals surface area contributed by atoms with Gasteiger partial charge in [0.25, 0.3) is 5.22 Å². The summed E-state index contributed by atoms with van der Waals surface area (Å²) in [6, 6.07) is 9.55. The molecule has 3 rings (SSSR count). The predicted octanol–water partition coefficient (Wildman–Crippen LogP) is 3.59. The summed E-state index contributed by atoms with van der Waals surface area (Å²) in [6.07, 6.45) is 2.77. The predicted molar refractivity (Wildman–Crippen MR) is 78.9 cm³/mol. The van der Waals surface area contributed by atoms with Gasteiger partial charge in [-0.15, -0.1) is 0 Å². The van der Waals surface area contributed by atoms with Crippen molar-refractivity contribution in [2.45, 2.75) is 23.6 Å². The summed E-state index contributed by atoms with van der Waals surface area (Å²) in [7, 11) is 0. The number of nitrogens with zero attached hydrogens (tertiary/aromatic N) is 3. The maximum atomic E-state index is 5.66. The zero-order valence-corrected chi connectivity index (χ0v) is 11.9. The first-order chi connectivity index (χ1) is 9.85. The first kappa shape index (κ1) is 12.9. The van der Waals surface area contributed by atoms with Crippen molar-refractivity contribution in [3.63, 3.8) is 0 Å². The SMILES string of the molecule is CCCNc1nccc(Sc2nc3ccccc3o2)n1. The Bertz CT molecular complexity index is 680. The molecule has 0 spiro atoms. The molecular weight excluding hydrogens is 272 g/mol. The van der Waals surface area contributed by atoms with E-state index in [4.69, 9.17) is 4.42 Å². The zero-order valence-electron chi connectivity index (χ0n) is 11.0. The topological polar surface area (TPSA) is 63.8 Å². The molecule has 0 aliphatic heterocycles. The molecule has 0 radical (unpaired) electrons.